The van der Waals surface area contributed by atoms with Crippen molar-refractivity contribution in [3.05, 3.63) is 0 Å². The predicted octanol–water partition coefficient (Wildman–Crippen LogP) is 0.785. The van der Waals surface area contributed by atoms with Crippen LogP contribution in [0.5, 0.6) is 0 Å². The molecule has 1 heterocycles. The molecule has 0 amide bonds. The maximum absolute atomic E-state index is 12.1. The Labute approximate surface area is 92.9 Å². The summed E-state index contributed by atoms with van der Waals surface area (Å²) in [5.41, 5.74) is 5.58. The summed E-state index contributed by atoms with van der Waals surface area (Å²) in [6.45, 7) is 7.17. The van der Waals surface area contributed by atoms with Gasteiger partial charge in [0, 0.05) is 13.1 Å². The summed E-state index contributed by atoms with van der Waals surface area (Å²) in [7, 11) is -3.14. The van der Waals surface area contributed by atoms with Crippen molar-refractivity contribution in [2.45, 2.75) is 38.4 Å². The van der Waals surface area contributed by atoms with E-state index in [0.29, 0.717) is 25.6 Å². The van der Waals surface area contributed by atoms with Crippen LogP contribution in [-0.4, -0.2) is 37.1 Å². The van der Waals surface area contributed by atoms with Gasteiger partial charge in [0.2, 0.25) is 10.0 Å². The van der Waals surface area contributed by atoms with Crippen molar-refractivity contribution >= 4 is 10.0 Å². The van der Waals surface area contributed by atoms with Gasteiger partial charge in [-0.05, 0) is 46.1 Å². The summed E-state index contributed by atoms with van der Waals surface area (Å²) in [4.78, 5) is 0. The molecule has 15 heavy (non-hydrogen) atoms. The highest BCUT2D eigenvalue weighted by Gasteiger charge is 2.36. The molecule has 2 N–H and O–H groups in total. The zero-order valence-electron chi connectivity index (χ0n) is 9.86. The second kappa shape index (κ2) is 4.39. The fourth-order valence-corrected chi connectivity index (χ4v) is 3.24. The predicted molar refractivity (Wildman–Crippen MR) is 62.0 cm³/mol. The zero-order valence-corrected chi connectivity index (χ0v) is 10.7. The Balaban J connectivity index is 2.69. The number of hydrogen-bond donors (Lipinski definition) is 1. The Hall–Kier alpha value is -0.130. The zero-order chi connectivity index (χ0) is 11.7. The lowest BCUT2D eigenvalue weighted by atomic mass is 9.99. The van der Waals surface area contributed by atoms with E-state index in [1.807, 2.05) is 0 Å². The van der Waals surface area contributed by atoms with Gasteiger partial charge in [0.15, 0.2) is 0 Å². The van der Waals surface area contributed by atoms with Gasteiger partial charge in [-0.3, -0.25) is 0 Å². The SMILES string of the molecule is CC(C)(C)S(=O)(=O)N1CCC(CN)CC1. The van der Waals surface area contributed by atoms with E-state index in [-0.39, 0.29) is 0 Å². The van der Waals surface area contributed by atoms with Crippen molar-refractivity contribution in [2.75, 3.05) is 19.6 Å². The van der Waals surface area contributed by atoms with Crippen LogP contribution in [0.15, 0.2) is 0 Å². The van der Waals surface area contributed by atoms with Crippen molar-refractivity contribution < 1.29 is 8.42 Å². The number of nitrogens with two attached hydrogens (primary N) is 1. The summed E-state index contributed by atoms with van der Waals surface area (Å²) in [6, 6.07) is 0. The molecular weight excluding hydrogens is 212 g/mol. The molecule has 0 unspecified atom stereocenters. The fraction of sp³-hybridized carbons (Fsp3) is 1.00. The first-order valence-electron chi connectivity index (χ1n) is 5.49. The standard InChI is InChI=1S/C10H22N2O2S/c1-10(2,3)15(13,14)12-6-4-9(8-11)5-7-12/h9H,4-8,11H2,1-3H3. The summed E-state index contributed by atoms with van der Waals surface area (Å²) in [5.74, 6) is 0.497. The van der Waals surface area contributed by atoms with Gasteiger partial charge in [0.1, 0.15) is 0 Å². The van der Waals surface area contributed by atoms with Crippen molar-refractivity contribution in [1.82, 2.24) is 4.31 Å². The highest BCUT2D eigenvalue weighted by Crippen LogP contribution is 2.25. The summed E-state index contributed by atoms with van der Waals surface area (Å²) < 4.78 is 25.1. The van der Waals surface area contributed by atoms with Crippen molar-refractivity contribution in [3.8, 4) is 0 Å². The van der Waals surface area contributed by atoms with Gasteiger partial charge in [-0.2, -0.15) is 0 Å². The monoisotopic (exact) mass is 234 g/mol. The minimum absolute atomic E-state index is 0.497. The first kappa shape index (κ1) is 12.9. The molecular formula is C10H22N2O2S. The Morgan fingerprint density at radius 3 is 2.07 bits per heavy atom. The van der Waals surface area contributed by atoms with Crippen LogP contribution in [0, 0.1) is 5.92 Å². The van der Waals surface area contributed by atoms with Gasteiger partial charge in [-0.25, -0.2) is 12.7 Å². The molecule has 4 nitrogen and oxygen atoms in total. The molecule has 0 aliphatic carbocycles. The third-order valence-corrected chi connectivity index (χ3v) is 5.61. The molecule has 0 atom stereocenters. The average molecular weight is 234 g/mol. The first-order valence-corrected chi connectivity index (χ1v) is 6.93. The highest BCUT2D eigenvalue weighted by atomic mass is 32.2. The Morgan fingerprint density at radius 1 is 1.27 bits per heavy atom. The maximum Gasteiger partial charge on any atom is 0.219 e. The molecule has 1 saturated heterocycles. The van der Waals surface area contributed by atoms with Crippen molar-refractivity contribution in [2.24, 2.45) is 11.7 Å². The van der Waals surface area contributed by atoms with E-state index < -0.39 is 14.8 Å². The Morgan fingerprint density at radius 2 is 1.73 bits per heavy atom. The van der Waals surface area contributed by atoms with Crippen molar-refractivity contribution in [1.29, 1.82) is 0 Å². The first-order chi connectivity index (χ1) is 6.79. The molecule has 0 saturated carbocycles. The van der Waals surface area contributed by atoms with Gasteiger partial charge in [-0.1, -0.05) is 0 Å². The lowest BCUT2D eigenvalue weighted by Gasteiger charge is -2.35. The van der Waals surface area contributed by atoms with Crippen LogP contribution in [-0.2, 0) is 10.0 Å². The second-order valence-corrected chi connectivity index (χ2v) is 7.89. The van der Waals surface area contributed by atoms with Crippen LogP contribution in [0.25, 0.3) is 0 Å². The molecule has 0 aromatic heterocycles. The van der Waals surface area contributed by atoms with E-state index in [1.165, 1.54) is 0 Å². The van der Waals surface area contributed by atoms with Gasteiger partial charge in [0.05, 0.1) is 4.75 Å². The normalized spacial score (nSPS) is 21.9. The van der Waals surface area contributed by atoms with Gasteiger partial charge in [0.25, 0.3) is 0 Å². The van der Waals surface area contributed by atoms with Crippen LogP contribution in [0.2, 0.25) is 0 Å². The van der Waals surface area contributed by atoms with Crippen LogP contribution in [0.4, 0.5) is 0 Å². The molecule has 1 aliphatic heterocycles. The van der Waals surface area contributed by atoms with E-state index in [1.54, 1.807) is 25.1 Å². The number of hydrogen-bond acceptors (Lipinski definition) is 3. The average Bonchev–Trinajstić information content (AvgIpc) is 2.16. The third-order valence-electron chi connectivity index (χ3n) is 3.02. The van der Waals surface area contributed by atoms with Gasteiger partial charge >= 0.3 is 0 Å². The summed E-state index contributed by atoms with van der Waals surface area (Å²) >= 11 is 0. The molecule has 90 valence electrons. The number of sulfonamides is 1. The van der Waals surface area contributed by atoms with Gasteiger partial charge < -0.3 is 5.73 Å². The molecule has 1 rings (SSSR count). The molecule has 0 aromatic carbocycles. The number of nitrogens with zero attached hydrogens (tertiary/aromatic N) is 1. The van der Waals surface area contributed by atoms with E-state index in [9.17, 15) is 8.42 Å². The maximum atomic E-state index is 12.1. The molecule has 0 aromatic rings. The Kier molecular flexibility index (Phi) is 3.79. The summed E-state index contributed by atoms with van der Waals surface area (Å²) in [6.07, 6.45) is 1.79. The van der Waals surface area contributed by atoms with E-state index in [0.717, 1.165) is 12.8 Å². The van der Waals surface area contributed by atoms with E-state index >= 15 is 0 Å². The van der Waals surface area contributed by atoms with Gasteiger partial charge in [-0.15, -0.1) is 0 Å². The van der Waals surface area contributed by atoms with Crippen molar-refractivity contribution in [3.63, 3.8) is 0 Å². The number of piperidine rings is 1. The molecule has 0 bridgehead atoms. The molecule has 0 radical (unpaired) electrons. The molecule has 5 heteroatoms. The quantitative estimate of drug-likeness (QED) is 0.768. The van der Waals surface area contributed by atoms with Crippen LogP contribution >= 0.6 is 0 Å². The molecule has 0 spiro atoms. The lowest BCUT2D eigenvalue weighted by Crippen LogP contribution is -2.47. The summed E-state index contributed by atoms with van der Waals surface area (Å²) in [5, 5.41) is 0. The van der Waals surface area contributed by atoms with E-state index in [2.05, 4.69) is 0 Å². The fourth-order valence-electron chi connectivity index (χ4n) is 1.77. The van der Waals surface area contributed by atoms with Crippen LogP contribution < -0.4 is 5.73 Å². The topological polar surface area (TPSA) is 63.4 Å². The minimum atomic E-state index is -3.14. The third kappa shape index (κ3) is 2.71. The van der Waals surface area contributed by atoms with E-state index in [4.69, 9.17) is 5.73 Å². The minimum Gasteiger partial charge on any atom is -0.330 e. The smallest absolute Gasteiger partial charge is 0.219 e. The molecule has 1 fully saturated rings. The van der Waals surface area contributed by atoms with Crippen LogP contribution in [0.3, 0.4) is 0 Å². The lowest BCUT2D eigenvalue weighted by molar-refractivity contribution is 0.273. The number of rotatable bonds is 2. The largest absolute Gasteiger partial charge is 0.330 e. The second-order valence-electron chi connectivity index (χ2n) is 5.20. The van der Waals surface area contributed by atoms with Crippen LogP contribution in [0.1, 0.15) is 33.6 Å². The Bertz CT molecular complexity index is 298. The highest BCUT2D eigenvalue weighted by molar-refractivity contribution is 7.90. The molecule has 1 aliphatic rings.